The summed E-state index contributed by atoms with van der Waals surface area (Å²) in [6.45, 7) is 4.53. The molecule has 2 aliphatic rings. The molecule has 0 spiro atoms. The normalized spacial score (nSPS) is 17.2. The first kappa shape index (κ1) is 21.0. The second-order valence-corrected chi connectivity index (χ2v) is 9.59. The van der Waals surface area contributed by atoms with Gasteiger partial charge in [0.05, 0.1) is 17.4 Å². The molecule has 0 aliphatic carbocycles. The summed E-state index contributed by atoms with van der Waals surface area (Å²) in [5, 5.41) is 3.42. The molecule has 6 rings (SSSR count). The molecule has 2 amide bonds. The van der Waals surface area contributed by atoms with Crippen LogP contribution in [-0.2, 0) is 0 Å². The van der Waals surface area contributed by atoms with Crippen LogP contribution in [0.4, 0.5) is 0 Å². The van der Waals surface area contributed by atoms with E-state index in [9.17, 15) is 9.59 Å². The second-order valence-electron chi connectivity index (χ2n) is 8.70. The first-order chi connectivity index (χ1) is 16.7. The van der Waals surface area contributed by atoms with Gasteiger partial charge in [0, 0.05) is 80.2 Å². The molecule has 8 nitrogen and oxygen atoms in total. The number of hydrogen-bond donors (Lipinski definition) is 0. The Balaban J connectivity index is 1.06. The maximum absolute atomic E-state index is 13.1. The highest BCUT2D eigenvalue weighted by Gasteiger charge is 2.37. The van der Waals surface area contributed by atoms with E-state index in [1.165, 1.54) is 11.3 Å². The zero-order valence-corrected chi connectivity index (χ0v) is 19.4. The topological polar surface area (TPSA) is 74.6 Å². The van der Waals surface area contributed by atoms with Crippen molar-refractivity contribution in [3.05, 3.63) is 77.1 Å². The fourth-order valence-electron chi connectivity index (χ4n) is 4.79. The van der Waals surface area contributed by atoms with Gasteiger partial charge in [-0.05, 0) is 36.4 Å². The van der Waals surface area contributed by atoms with Crippen LogP contribution < -0.4 is 0 Å². The van der Waals surface area contributed by atoms with Gasteiger partial charge in [0.2, 0.25) is 0 Å². The van der Waals surface area contributed by atoms with Crippen molar-refractivity contribution in [1.82, 2.24) is 29.2 Å². The number of hydrogen-bond acceptors (Lipinski definition) is 6. The van der Waals surface area contributed by atoms with Crippen LogP contribution in [-0.4, -0.2) is 86.4 Å². The number of thiazole rings is 1. The summed E-state index contributed by atoms with van der Waals surface area (Å²) >= 11 is 1.39. The Morgan fingerprint density at radius 1 is 0.941 bits per heavy atom. The van der Waals surface area contributed by atoms with Crippen LogP contribution in [0.25, 0.3) is 16.6 Å². The quantitative estimate of drug-likeness (QED) is 0.457. The van der Waals surface area contributed by atoms with Crippen molar-refractivity contribution >= 4 is 34.1 Å². The van der Waals surface area contributed by atoms with Crippen molar-refractivity contribution in [3.8, 4) is 5.69 Å². The van der Waals surface area contributed by atoms with Gasteiger partial charge in [-0.1, -0.05) is 0 Å². The average molecular weight is 473 g/mol. The Morgan fingerprint density at radius 2 is 1.79 bits per heavy atom. The van der Waals surface area contributed by atoms with Crippen molar-refractivity contribution in [2.24, 2.45) is 0 Å². The van der Waals surface area contributed by atoms with E-state index in [1.807, 2.05) is 64.0 Å². The van der Waals surface area contributed by atoms with E-state index in [0.29, 0.717) is 29.7 Å². The lowest BCUT2D eigenvalue weighted by atomic mass is 10.0. The van der Waals surface area contributed by atoms with Crippen LogP contribution >= 0.6 is 11.3 Å². The molecule has 1 aromatic carbocycles. The number of rotatable bonds is 4. The maximum Gasteiger partial charge on any atom is 0.282 e. The van der Waals surface area contributed by atoms with Crippen molar-refractivity contribution in [2.45, 2.75) is 6.04 Å². The lowest BCUT2D eigenvalue weighted by molar-refractivity contribution is 0.00854. The second kappa shape index (κ2) is 8.66. The lowest BCUT2D eigenvalue weighted by Gasteiger charge is -2.48. The SMILES string of the molecule is O=C(c1ccc2c(ccn2-c2cccnc2)c1)N1CC(N2CCN(C(=O)c3nccs3)CC2)C1. The van der Waals surface area contributed by atoms with E-state index in [4.69, 9.17) is 0 Å². The largest absolute Gasteiger partial charge is 0.335 e. The Bertz CT molecular complexity index is 1320. The Hall–Kier alpha value is -3.56. The number of amides is 2. The van der Waals surface area contributed by atoms with Crippen LogP contribution in [0.1, 0.15) is 20.2 Å². The monoisotopic (exact) mass is 472 g/mol. The van der Waals surface area contributed by atoms with E-state index in [1.54, 1.807) is 12.4 Å². The minimum Gasteiger partial charge on any atom is -0.335 e. The molecule has 0 unspecified atom stereocenters. The summed E-state index contributed by atoms with van der Waals surface area (Å²) in [5.74, 6) is 0.0951. The Kier molecular flexibility index (Phi) is 5.35. The van der Waals surface area contributed by atoms with Gasteiger partial charge in [0.1, 0.15) is 0 Å². The van der Waals surface area contributed by atoms with Crippen molar-refractivity contribution in [1.29, 1.82) is 0 Å². The van der Waals surface area contributed by atoms with E-state index in [-0.39, 0.29) is 11.8 Å². The minimum atomic E-state index is 0.0211. The lowest BCUT2D eigenvalue weighted by Crippen LogP contribution is -2.64. The standard InChI is InChI=1S/C25H24N6O2S/c32-24(19-3-4-22-18(14-19)5-8-31(22)20-2-1-6-26-15-20)30-16-21(17-30)28-9-11-29(12-10-28)25(33)23-27-7-13-34-23/h1-8,13-15,21H,9-12,16-17H2. The molecule has 172 valence electrons. The van der Waals surface area contributed by atoms with E-state index in [0.717, 1.165) is 42.8 Å². The molecule has 9 heteroatoms. The Labute approximate surface area is 201 Å². The number of fused-ring (bicyclic) bond motifs is 1. The van der Waals surface area contributed by atoms with Crippen LogP contribution in [0.5, 0.6) is 0 Å². The summed E-state index contributed by atoms with van der Waals surface area (Å²) in [6, 6.07) is 12.2. The van der Waals surface area contributed by atoms with Crippen LogP contribution in [0.15, 0.2) is 66.6 Å². The van der Waals surface area contributed by atoms with Crippen LogP contribution in [0, 0.1) is 0 Å². The number of carbonyl (C=O) groups excluding carboxylic acids is 2. The summed E-state index contributed by atoms with van der Waals surface area (Å²) in [6.07, 6.45) is 7.26. The number of benzene rings is 1. The van der Waals surface area contributed by atoms with E-state index >= 15 is 0 Å². The number of piperazine rings is 1. The van der Waals surface area contributed by atoms with Gasteiger partial charge in [-0.3, -0.25) is 19.5 Å². The molecule has 2 saturated heterocycles. The maximum atomic E-state index is 13.1. The van der Waals surface area contributed by atoms with Gasteiger partial charge in [0.15, 0.2) is 5.01 Å². The van der Waals surface area contributed by atoms with Crippen LogP contribution in [0.3, 0.4) is 0 Å². The zero-order valence-electron chi connectivity index (χ0n) is 18.6. The fraction of sp³-hybridized carbons (Fsp3) is 0.280. The molecule has 2 aliphatic heterocycles. The molecule has 34 heavy (non-hydrogen) atoms. The molecule has 0 atom stereocenters. The van der Waals surface area contributed by atoms with Gasteiger partial charge in [-0.15, -0.1) is 11.3 Å². The predicted octanol–water partition coefficient (Wildman–Crippen LogP) is 2.76. The van der Waals surface area contributed by atoms with Gasteiger partial charge in [-0.25, -0.2) is 4.98 Å². The summed E-state index contributed by atoms with van der Waals surface area (Å²) < 4.78 is 2.08. The molecule has 2 fully saturated rings. The molecule has 0 N–H and O–H groups in total. The summed E-state index contributed by atoms with van der Waals surface area (Å²) in [7, 11) is 0. The third kappa shape index (κ3) is 3.76. The molecule has 3 aromatic heterocycles. The van der Waals surface area contributed by atoms with E-state index < -0.39 is 0 Å². The summed E-state index contributed by atoms with van der Waals surface area (Å²) in [5.41, 5.74) is 2.76. The van der Waals surface area contributed by atoms with E-state index in [2.05, 4.69) is 19.4 Å². The molecule has 4 aromatic rings. The van der Waals surface area contributed by atoms with Crippen molar-refractivity contribution in [3.63, 3.8) is 0 Å². The van der Waals surface area contributed by atoms with Gasteiger partial charge in [0.25, 0.3) is 11.8 Å². The van der Waals surface area contributed by atoms with Crippen molar-refractivity contribution in [2.75, 3.05) is 39.3 Å². The van der Waals surface area contributed by atoms with Gasteiger partial charge in [-0.2, -0.15) is 0 Å². The minimum absolute atomic E-state index is 0.0211. The zero-order chi connectivity index (χ0) is 23.1. The molecule has 0 bridgehead atoms. The molecular weight excluding hydrogens is 448 g/mol. The summed E-state index contributed by atoms with van der Waals surface area (Å²) in [4.78, 5) is 40.1. The third-order valence-corrected chi connectivity index (χ3v) is 7.50. The highest BCUT2D eigenvalue weighted by molar-refractivity contribution is 7.11. The fourth-order valence-corrected chi connectivity index (χ4v) is 5.39. The van der Waals surface area contributed by atoms with Gasteiger partial charge >= 0.3 is 0 Å². The van der Waals surface area contributed by atoms with Gasteiger partial charge < -0.3 is 14.4 Å². The highest BCUT2D eigenvalue weighted by atomic mass is 32.1. The average Bonchev–Trinajstić information content (AvgIpc) is 3.54. The number of pyridine rings is 1. The molecule has 0 saturated carbocycles. The van der Waals surface area contributed by atoms with Crippen molar-refractivity contribution < 1.29 is 9.59 Å². The number of likely N-dealkylation sites (tertiary alicyclic amines) is 1. The highest BCUT2D eigenvalue weighted by Crippen LogP contribution is 2.25. The molecule has 0 radical (unpaired) electrons. The van der Waals surface area contributed by atoms with Crippen LogP contribution in [0.2, 0.25) is 0 Å². The molecule has 5 heterocycles. The third-order valence-electron chi connectivity index (χ3n) is 6.74. The predicted molar refractivity (Wildman–Crippen MR) is 130 cm³/mol. The number of carbonyl (C=O) groups is 2. The smallest absolute Gasteiger partial charge is 0.282 e. The number of aromatic nitrogens is 3. The Morgan fingerprint density at radius 3 is 2.53 bits per heavy atom. The first-order valence-electron chi connectivity index (χ1n) is 11.4. The first-order valence-corrected chi connectivity index (χ1v) is 12.3. The number of nitrogens with zero attached hydrogens (tertiary/aromatic N) is 6. The molecular formula is C25H24N6O2S.